The molecule has 4 rings (SSSR count). The van der Waals surface area contributed by atoms with E-state index in [2.05, 4.69) is 76.0 Å². The molecule has 1 amide bonds. The minimum atomic E-state index is -0.0923. The zero-order chi connectivity index (χ0) is 24.5. The zero-order valence-electron chi connectivity index (χ0n) is 20.2. The van der Waals surface area contributed by atoms with E-state index in [4.69, 9.17) is 0 Å². The molecule has 0 atom stereocenters. The number of nitrogens with one attached hydrogen (secondary N) is 2. The van der Waals surface area contributed by atoms with E-state index in [0.717, 1.165) is 36.6 Å². The normalized spacial score (nSPS) is 10.8. The summed E-state index contributed by atoms with van der Waals surface area (Å²) in [4.78, 5) is 15.0. The Morgan fingerprint density at radius 2 is 1.71 bits per heavy atom. The third-order valence-electron chi connectivity index (χ3n) is 5.79. The number of hydrogen-bond donors (Lipinski definition) is 2. The molecule has 0 bridgehead atoms. The second kappa shape index (κ2) is 11.9. The average Bonchev–Trinajstić information content (AvgIpc) is 2.89. The molecule has 0 radical (unpaired) electrons. The lowest BCUT2D eigenvalue weighted by atomic mass is 10.1. The van der Waals surface area contributed by atoms with Crippen LogP contribution in [0.2, 0.25) is 0 Å². The van der Waals surface area contributed by atoms with Gasteiger partial charge in [0.15, 0.2) is 5.82 Å². The van der Waals surface area contributed by atoms with Crippen molar-refractivity contribution in [1.82, 2.24) is 20.4 Å². The van der Waals surface area contributed by atoms with Crippen molar-refractivity contribution in [3.8, 4) is 11.3 Å². The van der Waals surface area contributed by atoms with Crippen molar-refractivity contribution in [2.75, 3.05) is 25.0 Å². The Morgan fingerprint density at radius 1 is 0.886 bits per heavy atom. The average molecular weight is 466 g/mol. The molecule has 0 saturated heterocycles. The Balaban J connectivity index is 1.31. The maximum absolute atomic E-state index is 12.7. The van der Waals surface area contributed by atoms with Crippen LogP contribution in [-0.4, -0.2) is 40.6 Å². The van der Waals surface area contributed by atoms with Crippen LogP contribution in [0.1, 0.15) is 28.4 Å². The first kappa shape index (κ1) is 24.1. The van der Waals surface area contributed by atoms with Gasteiger partial charge < -0.3 is 10.6 Å². The van der Waals surface area contributed by atoms with E-state index in [1.54, 1.807) is 0 Å². The number of nitrogens with zero attached hydrogens (tertiary/aromatic N) is 3. The van der Waals surface area contributed by atoms with Gasteiger partial charge in [0, 0.05) is 36.4 Å². The van der Waals surface area contributed by atoms with Crippen molar-refractivity contribution in [2.45, 2.75) is 20.4 Å². The molecule has 1 heterocycles. The number of carbonyl (C=O) groups excluding carboxylic acids is 1. The summed E-state index contributed by atoms with van der Waals surface area (Å²) in [5.74, 6) is 0.531. The van der Waals surface area contributed by atoms with Crippen molar-refractivity contribution in [2.24, 2.45) is 0 Å². The largest absolute Gasteiger partial charge is 0.351 e. The van der Waals surface area contributed by atoms with E-state index in [1.165, 1.54) is 11.1 Å². The Morgan fingerprint density at radius 3 is 2.46 bits per heavy atom. The number of amides is 1. The molecule has 2 N–H and O–H groups in total. The van der Waals surface area contributed by atoms with Crippen LogP contribution in [0.5, 0.6) is 0 Å². The molecule has 4 aromatic rings. The minimum absolute atomic E-state index is 0.0923. The van der Waals surface area contributed by atoms with Crippen LogP contribution in [0, 0.1) is 6.92 Å². The molecular weight excluding hydrogens is 434 g/mol. The maximum atomic E-state index is 12.7. The second-order valence-corrected chi connectivity index (χ2v) is 8.49. The van der Waals surface area contributed by atoms with E-state index >= 15 is 0 Å². The summed E-state index contributed by atoms with van der Waals surface area (Å²) in [6, 6.07) is 29.8. The number of hydrogen-bond acceptors (Lipinski definition) is 5. The van der Waals surface area contributed by atoms with Crippen LogP contribution in [0.4, 0.5) is 11.5 Å². The highest BCUT2D eigenvalue weighted by atomic mass is 16.1. The van der Waals surface area contributed by atoms with E-state index in [9.17, 15) is 4.79 Å². The fourth-order valence-electron chi connectivity index (χ4n) is 3.86. The van der Waals surface area contributed by atoms with Crippen molar-refractivity contribution in [1.29, 1.82) is 0 Å². The van der Waals surface area contributed by atoms with Crippen molar-refractivity contribution in [3.05, 3.63) is 108 Å². The van der Waals surface area contributed by atoms with Gasteiger partial charge in [0.25, 0.3) is 5.91 Å². The summed E-state index contributed by atoms with van der Waals surface area (Å²) in [6.45, 7) is 7.36. The molecule has 6 nitrogen and oxygen atoms in total. The number of carbonyl (C=O) groups is 1. The number of benzene rings is 3. The molecule has 0 aliphatic rings. The van der Waals surface area contributed by atoms with Crippen LogP contribution in [-0.2, 0) is 6.54 Å². The van der Waals surface area contributed by atoms with Gasteiger partial charge in [-0.15, -0.1) is 10.2 Å². The van der Waals surface area contributed by atoms with Gasteiger partial charge in [-0.1, -0.05) is 67.1 Å². The summed E-state index contributed by atoms with van der Waals surface area (Å²) in [6.07, 6.45) is 0. The fraction of sp³-hybridized carbons (Fsp3) is 0.207. The van der Waals surface area contributed by atoms with Crippen LogP contribution in [0.25, 0.3) is 11.3 Å². The Kier molecular flexibility index (Phi) is 8.20. The van der Waals surface area contributed by atoms with E-state index in [1.807, 2.05) is 54.6 Å². The monoisotopic (exact) mass is 465 g/mol. The zero-order valence-corrected chi connectivity index (χ0v) is 20.2. The second-order valence-electron chi connectivity index (χ2n) is 8.49. The molecule has 1 aromatic heterocycles. The molecule has 178 valence electrons. The molecule has 0 aliphatic heterocycles. The third-order valence-corrected chi connectivity index (χ3v) is 5.79. The van der Waals surface area contributed by atoms with Crippen molar-refractivity contribution in [3.63, 3.8) is 0 Å². The summed E-state index contributed by atoms with van der Waals surface area (Å²) in [5.41, 5.74) is 5.70. The van der Waals surface area contributed by atoms with Crippen LogP contribution >= 0.6 is 0 Å². The predicted molar refractivity (Wildman–Crippen MR) is 142 cm³/mol. The molecule has 3 aromatic carbocycles. The molecule has 6 heteroatoms. The lowest BCUT2D eigenvalue weighted by Gasteiger charge is -2.20. The van der Waals surface area contributed by atoms with Gasteiger partial charge in [-0.25, -0.2) is 0 Å². The summed E-state index contributed by atoms with van der Waals surface area (Å²) in [5, 5.41) is 14.9. The minimum Gasteiger partial charge on any atom is -0.351 e. The Hall–Kier alpha value is -4.03. The Bertz CT molecular complexity index is 1240. The third kappa shape index (κ3) is 6.98. The van der Waals surface area contributed by atoms with Crippen LogP contribution < -0.4 is 10.6 Å². The van der Waals surface area contributed by atoms with E-state index < -0.39 is 0 Å². The van der Waals surface area contributed by atoms with Gasteiger partial charge in [-0.3, -0.25) is 9.69 Å². The van der Waals surface area contributed by atoms with Gasteiger partial charge in [0.1, 0.15) is 0 Å². The maximum Gasteiger partial charge on any atom is 0.251 e. The van der Waals surface area contributed by atoms with E-state index in [-0.39, 0.29) is 5.91 Å². The van der Waals surface area contributed by atoms with Gasteiger partial charge in [0.05, 0.1) is 5.69 Å². The quantitative estimate of drug-likeness (QED) is 0.326. The Labute approximate surface area is 207 Å². The standard InChI is InChI=1S/C29H31N5O/c1-3-34(21-23-10-5-4-6-11-23)18-17-30-29(35)25-13-8-14-26(20-25)31-28-16-15-27(32-33-28)24-12-7-9-22(2)19-24/h4-16,19-20H,3,17-18,21H2,1-2H3,(H,30,35)(H,31,33). The lowest BCUT2D eigenvalue weighted by molar-refractivity contribution is 0.0948. The highest BCUT2D eigenvalue weighted by Gasteiger charge is 2.09. The first-order chi connectivity index (χ1) is 17.1. The summed E-state index contributed by atoms with van der Waals surface area (Å²) in [7, 11) is 0. The van der Waals surface area contributed by atoms with Crippen LogP contribution in [0.3, 0.4) is 0 Å². The molecule has 0 fully saturated rings. The number of rotatable bonds is 10. The molecule has 0 unspecified atom stereocenters. The number of aromatic nitrogens is 2. The van der Waals surface area contributed by atoms with Gasteiger partial charge in [-0.2, -0.15) is 0 Å². The van der Waals surface area contributed by atoms with Crippen molar-refractivity contribution < 1.29 is 4.79 Å². The van der Waals surface area contributed by atoms with Crippen LogP contribution in [0.15, 0.2) is 91.0 Å². The number of aryl methyl sites for hydroxylation is 1. The predicted octanol–water partition coefficient (Wildman–Crippen LogP) is 5.45. The lowest BCUT2D eigenvalue weighted by Crippen LogP contribution is -2.34. The fourth-order valence-corrected chi connectivity index (χ4v) is 3.86. The summed E-state index contributed by atoms with van der Waals surface area (Å²) >= 11 is 0. The topological polar surface area (TPSA) is 70.2 Å². The van der Waals surface area contributed by atoms with Gasteiger partial charge in [0.2, 0.25) is 0 Å². The van der Waals surface area contributed by atoms with Gasteiger partial charge in [-0.05, 0) is 55.4 Å². The number of likely N-dealkylation sites (N-methyl/N-ethyl adjacent to an activating group) is 1. The first-order valence-corrected chi connectivity index (χ1v) is 11.9. The molecule has 35 heavy (non-hydrogen) atoms. The molecule has 0 aliphatic carbocycles. The molecular formula is C29H31N5O. The summed E-state index contributed by atoms with van der Waals surface area (Å²) < 4.78 is 0. The first-order valence-electron chi connectivity index (χ1n) is 11.9. The molecule has 0 saturated carbocycles. The SMILES string of the molecule is CCN(CCNC(=O)c1cccc(Nc2ccc(-c3cccc(C)c3)nn2)c1)Cc1ccccc1. The van der Waals surface area contributed by atoms with Gasteiger partial charge >= 0.3 is 0 Å². The van der Waals surface area contributed by atoms with E-state index in [0.29, 0.717) is 17.9 Å². The van der Waals surface area contributed by atoms with Crippen molar-refractivity contribution >= 4 is 17.4 Å². The molecule has 0 spiro atoms. The smallest absolute Gasteiger partial charge is 0.251 e. The highest BCUT2D eigenvalue weighted by Crippen LogP contribution is 2.20. The number of anilines is 2. The highest BCUT2D eigenvalue weighted by molar-refractivity contribution is 5.95.